The maximum atomic E-state index is 5.87. The van der Waals surface area contributed by atoms with E-state index in [1.807, 2.05) is 0 Å². The molecule has 5 nitrogen and oxygen atoms in total. The number of nitrogens with zero attached hydrogens (tertiary/aromatic N) is 2. The summed E-state index contributed by atoms with van der Waals surface area (Å²) in [5, 5.41) is 0. The van der Waals surface area contributed by atoms with Crippen LogP contribution in [0.5, 0.6) is 0 Å². The van der Waals surface area contributed by atoms with Gasteiger partial charge < -0.3 is 16.2 Å². The molecule has 1 aliphatic carbocycles. The number of ether oxygens (including phenoxy) is 1. The van der Waals surface area contributed by atoms with Crippen LogP contribution in [0.25, 0.3) is 0 Å². The van der Waals surface area contributed by atoms with Gasteiger partial charge in [-0.2, -0.15) is 0 Å². The molecule has 2 rings (SSSR count). The molecule has 1 aromatic heterocycles. The van der Waals surface area contributed by atoms with Crippen molar-refractivity contribution in [1.29, 1.82) is 0 Å². The topological polar surface area (TPSA) is 87.0 Å². The first-order chi connectivity index (χ1) is 8.22. The average Bonchev–Trinajstić information content (AvgIpc) is 2.39. The Balaban J connectivity index is 2.33. The van der Waals surface area contributed by atoms with Gasteiger partial charge in [0.25, 0.3) is 0 Å². The van der Waals surface area contributed by atoms with Crippen molar-refractivity contribution in [2.24, 2.45) is 5.73 Å². The van der Waals surface area contributed by atoms with Crippen LogP contribution in [0, 0.1) is 0 Å². The van der Waals surface area contributed by atoms with Crippen molar-refractivity contribution in [3.05, 3.63) is 17.6 Å². The zero-order chi connectivity index (χ0) is 12.3. The summed E-state index contributed by atoms with van der Waals surface area (Å²) in [5.41, 5.74) is 11.9. The lowest BCUT2D eigenvalue weighted by Gasteiger charge is -2.34. The molecule has 0 amide bonds. The van der Waals surface area contributed by atoms with Crippen LogP contribution in [0.4, 0.5) is 5.82 Å². The summed E-state index contributed by atoms with van der Waals surface area (Å²) < 4.78 is 5.68. The lowest BCUT2D eigenvalue weighted by atomic mass is 9.84. The number of nitrogens with two attached hydrogens (primary N) is 2. The highest BCUT2D eigenvalue weighted by molar-refractivity contribution is 5.38. The quantitative estimate of drug-likeness (QED) is 0.826. The molecule has 0 aliphatic heterocycles. The first kappa shape index (κ1) is 12.3. The van der Waals surface area contributed by atoms with Crippen molar-refractivity contribution in [2.45, 2.75) is 44.2 Å². The third-order valence-corrected chi connectivity index (χ3v) is 3.58. The third kappa shape index (κ3) is 2.25. The monoisotopic (exact) mass is 236 g/mol. The van der Waals surface area contributed by atoms with Gasteiger partial charge in [-0.25, -0.2) is 9.97 Å². The number of aromatic nitrogens is 2. The van der Waals surface area contributed by atoms with Crippen LogP contribution >= 0.6 is 0 Å². The number of nitrogen functional groups attached to an aromatic ring is 1. The van der Waals surface area contributed by atoms with Crippen molar-refractivity contribution in [2.75, 3.05) is 12.8 Å². The third-order valence-electron chi connectivity index (χ3n) is 3.58. The number of rotatable bonds is 3. The Morgan fingerprint density at radius 1 is 1.35 bits per heavy atom. The Kier molecular flexibility index (Phi) is 3.59. The highest BCUT2D eigenvalue weighted by Gasteiger charge is 2.36. The fourth-order valence-corrected chi connectivity index (χ4v) is 2.44. The van der Waals surface area contributed by atoms with Crippen molar-refractivity contribution in [3.63, 3.8) is 0 Å². The zero-order valence-corrected chi connectivity index (χ0v) is 10.3. The van der Waals surface area contributed by atoms with Crippen molar-refractivity contribution >= 4 is 5.82 Å². The van der Waals surface area contributed by atoms with Crippen molar-refractivity contribution in [3.8, 4) is 0 Å². The lowest BCUT2D eigenvalue weighted by molar-refractivity contribution is -0.0514. The van der Waals surface area contributed by atoms with E-state index in [1.54, 1.807) is 13.3 Å². The summed E-state index contributed by atoms with van der Waals surface area (Å²) in [6.07, 6.45) is 7.19. The van der Waals surface area contributed by atoms with Crippen LogP contribution in [-0.4, -0.2) is 17.1 Å². The molecule has 1 saturated carbocycles. The predicted molar refractivity (Wildman–Crippen MR) is 66.1 cm³/mol. The molecule has 17 heavy (non-hydrogen) atoms. The summed E-state index contributed by atoms with van der Waals surface area (Å²) in [5.74, 6) is 1.17. The van der Waals surface area contributed by atoms with Crippen LogP contribution in [0.15, 0.2) is 6.20 Å². The molecule has 94 valence electrons. The van der Waals surface area contributed by atoms with E-state index in [1.165, 1.54) is 6.42 Å². The molecule has 1 fully saturated rings. The van der Waals surface area contributed by atoms with Gasteiger partial charge in [0, 0.05) is 25.4 Å². The van der Waals surface area contributed by atoms with Crippen LogP contribution in [0.1, 0.15) is 43.5 Å². The summed E-state index contributed by atoms with van der Waals surface area (Å²) in [6.45, 7) is 0.367. The van der Waals surface area contributed by atoms with E-state index in [9.17, 15) is 0 Å². The molecule has 0 radical (unpaired) electrons. The number of methoxy groups -OCH3 is 1. The molecule has 0 bridgehead atoms. The Morgan fingerprint density at radius 3 is 2.59 bits per heavy atom. The maximum absolute atomic E-state index is 5.87. The summed E-state index contributed by atoms with van der Waals surface area (Å²) >= 11 is 0. The second-order valence-electron chi connectivity index (χ2n) is 4.57. The lowest BCUT2D eigenvalue weighted by Crippen LogP contribution is -2.33. The SMILES string of the molecule is COC1(c2ncc(CN)c(N)n2)CCCCC1. The molecule has 0 saturated heterocycles. The Labute approximate surface area is 102 Å². The summed E-state index contributed by atoms with van der Waals surface area (Å²) in [6, 6.07) is 0. The number of hydrogen-bond donors (Lipinski definition) is 2. The summed E-state index contributed by atoms with van der Waals surface area (Å²) in [7, 11) is 1.72. The van der Waals surface area contributed by atoms with Gasteiger partial charge in [-0.1, -0.05) is 19.3 Å². The fraction of sp³-hybridized carbons (Fsp3) is 0.667. The number of anilines is 1. The fourth-order valence-electron chi connectivity index (χ4n) is 2.44. The van der Waals surface area contributed by atoms with Gasteiger partial charge in [0.15, 0.2) is 5.82 Å². The molecule has 4 N–H and O–H groups in total. The van der Waals surface area contributed by atoms with E-state index in [2.05, 4.69) is 9.97 Å². The summed E-state index contributed by atoms with van der Waals surface area (Å²) in [4.78, 5) is 8.75. The van der Waals surface area contributed by atoms with Crippen LogP contribution in [-0.2, 0) is 16.9 Å². The average molecular weight is 236 g/mol. The molecular weight excluding hydrogens is 216 g/mol. The minimum Gasteiger partial charge on any atom is -0.383 e. The maximum Gasteiger partial charge on any atom is 0.162 e. The van der Waals surface area contributed by atoms with E-state index < -0.39 is 0 Å². The molecule has 1 aromatic rings. The number of hydrogen-bond acceptors (Lipinski definition) is 5. The Bertz CT molecular complexity index is 388. The second kappa shape index (κ2) is 4.98. The Morgan fingerprint density at radius 2 is 2.06 bits per heavy atom. The highest BCUT2D eigenvalue weighted by Crippen LogP contribution is 2.38. The molecule has 0 spiro atoms. The van der Waals surface area contributed by atoms with E-state index in [-0.39, 0.29) is 5.60 Å². The molecule has 1 heterocycles. The van der Waals surface area contributed by atoms with Crippen LogP contribution in [0.3, 0.4) is 0 Å². The minimum absolute atomic E-state index is 0.348. The van der Waals surface area contributed by atoms with Crippen molar-refractivity contribution < 1.29 is 4.74 Å². The van der Waals surface area contributed by atoms with E-state index >= 15 is 0 Å². The van der Waals surface area contributed by atoms with Gasteiger partial charge in [-0.3, -0.25) is 0 Å². The van der Waals surface area contributed by atoms with Gasteiger partial charge in [0.1, 0.15) is 11.4 Å². The van der Waals surface area contributed by atoms with Gasteiger partial charge in [0.05, 0.1) is 0 Å². The van der Waals surface area contributed by atoms with Crippen molar-refractivity contribution in [1.82, 2.24) is 9.97 Å². The van der Waals surface area contributed by atoms with E-state index in [0.717, 1.165) is 31.2 Å². The van der Waals surface area contributed by atoms with Crippen LogP contribution in [0.2, 0.25) is 0 Å². The van der Waals surface area contributed by atoms with Gasteiger partial charge in [-0.15, -0.1) is 0 Å². The molecule has 5 heteroatoms. The second-order valence-corrected chi connectivity index (χ2v) is 4.57. The normalized spacial score (nSPS) is 19.2. The van der Waals surface area contributed by atoms with E-state index in [4.69, 9.17) is 16.2 Å². The van der Waals surface area contributed by atoms with E-state index in [0.29, 0.717) is 18.2 Å². The molecule has 0 aromatic carbocycles. The smallest absolute Gasteiger partial charge is 0.162 e. The van der Waals surface area contributed by atoms with Gasteiger partial charge >= 0.3 is 0 Å². The first-order valence-electron chi connectivity index (χ1n) is 6.09. The standard InChI is InChI=1S/C12H20N4O/c1-17-12(5-3-2-4-6-12)11-15-8-9(7-13)10(14)16-11/h8H,2-7,13H2,1H3,(H2,14,15,16). The molecule has 0 unspecified atom stereocenters. The predicted octanol–water partition coefficient (Wildman–Crippen LogP) is 1.32. The van der Waals surface area contributed by atoms with Gasteiger partial charge in [0.2, 0.25) is 0 Å². The first-order valence-corrected chi connectivity index (χ1v) is 6.09. The molecule has 0 atom stereocenters. The Hall–Kier alpha value is -1.20. The molecular formula is C12H20N4O. The highest BCUT2D eigenvalue weighted by atomic mass is 16.5. The largest absolute Gasteiger partial charge is 0.383 e. The minimum atomic E-state index is -0.348. The molecule has 1 aliphatic rings. The van der Waals surface area contributed by atoms with Gasteiger partial charge in [-0.05, 0) is 12.8 Å². The van der Waals surface area contributed by atoms with Crippen LogP contribution < -0.4 is 11.5 Å². The zero-order valence-electron chi connectivity index (χ0n) is 10.3.